The fraction of sp³-hybridized carbons (Fsp3) is 0.789. The molecule has 8 nitrogen and oxygen atoms in total. The van der Waals surface area contributed by atoms with Gasteiger partial charge in [-0.1, -0.05) is 5.92 Å². The number of amides is 1. The lowest BCUT2D eigenvalue weighted by Gasteiger charge is -2.25. The van der Waals surface area contributed by atoms with Crippen LogP contribution in [0.25, 0.3) is 0 Å². The summed E-state index contributed by atoms with van der Waals surface area (Å²) in [6.07, 6.45) is 7.46. The molecule has 0 bridgehead atoms. The van der Waals surface area contributed by atoms with Crippen LogP contribution in [-0.4, -0.2) is 76.4 Å². The van der Waals surface area contributed by atoms with Crippen molar-refractivity contribution in [2.24, 2.45) is 11.8 Å². The number of hydrogen-bond acceptors (Lipinski definition) is 6. The number of carboxylic acids is 1. The maximum atomic E-state index is 12.0. The first-order chi connectivity index (χ1) is 13.1. The second kappa shape index (κ2) is 15.4. The van der Waals surface area contributed by atoms with E-state index in [-0.39, 0.29) is 17.7 Å². The van der Waals surface area contributed by atoms with Crippen molar-refractivity contribution in [3.8, 4) is 12.3 Å². The fourth-order valence-corrected chi connectivity index (χ4v) is 2.78. The van der Waals surface area contributed by atoms with E-state index in [1.54, 1.807) is 0 Å². The molecule has 0 unspecified atom stereocenters. The molecule has 1 rings (SSSR count). The van der Waals surface area contributed by atoms with Gasteiger partial charge >= 0.3 is 5.97 Å². The van der Waals surface area contributed by atoms with Crippen molar-refractivity contribution in [1.29, 1.82) is 0 Å². The van der Waals surface area contributed by atoms with Crippen LogP contribution in [0.4, 0.5) is 0 Å². The summed E-state index contributed by atoms with van der Waals surface area (Å²) in [6.45, 7) is 3.99. The van der Waals surface area contributed by atoms with Crippen molar-refractivity contribution >= 4 is 11.9 Å². The van der Waals surface area contributed by atoms with E-state index in [9.17, 15) is 9.59 Å². The summed E-state index contributed by atoms with van der Waals surface area (Å²) in [6, 6.07) is 0. The summed E-state index contributed by atoms with van der Waals surface area (Å²) in [7, 11) is 0. The smallest absolute Gasteiger partial charge is 0.306 e. The Hall–Kier alpha value is -1.66. The summed E-state index contributed by atoms with van der Waals surface area (Å²) in [5.41, 5.74) is 0. The van der Waals surface area contributed by atoms with Gasteiger partial charge < -0.3 is 29.4 Å². The Bertz CT molecular complexity index is 455. The molecular weight excluding hydrogens is 354 g/mol. The van der Waals surface area contributed by atoms with E-state index in [1.807, 2.05) is 0 Å². The normalized spacial score (nSPS) is 19.4. The molecule has 0 aliphatic heterocycles. The lowest BCUT2D eigenvalue weighted by molar-refractivity contribution is -0.144. The van der Waals surface area contributed by atoms with Crippen LogP contribution in [0.15, 0.2) is 0 Å². The number of carbonyl (C=O) groups is 2. The topological polar surface area (TPSA) is 103 Å². The molecule has 154 valence electrons. The van der Waals surface area contributed by atoms with Gasteiger partial charge in [-0.25, -0.2) is 0 Å². The summed E-state index contributed by atoms with van der Waals surface area (Å²) in [5, 5.41) is 11.8. The third-order valence-electron chi connectivity index (χ3n) is 4.29. The zero-order chi connectivity index (χ0) is 19.7. The number of carboxylic acid groups (broad SMARTS) is 1. The van der Waals surface area contributed by atoms with Crippen molar-refractivity contribution in [2.45, 2.75) is 25.7 Å². The van der Waals surface area contributed by atoms with Crippen LogP contribution in [0.1, 0.15) is 25.7 Å². The molecule has 0 saturated heterocycles. The molecule has 0 heterocycles. The van der Waals surface area contributed by atoms with Crippen LogP contribution in [0.3, 0.4) is 0 Å². The van der Waals surface area contributed by atoms with E-state index < -0.39 is 5.97 Å². The van der Waals surface area contributed by atoms with Crippen LogP contribution < -0.4 is 5.32 Å². The van der Waals surface area contributed by atoms with Gasteiger partial charge in [0.25, 0.3) is 0 Å². The van der Waals surface area contributed by atoms with Gasteiger partial charge in [0.15, 0.2) is 0 Å². The molecular formula is C19H31NO7. The first kappa shape index (κ1) is 23.4. The molecule has 0 aromatic rings. The number of ether oxygens (including phenoxy) is 4. The molecule has 8 heteroatoms. The molecule has 0 radical (unpaired) electrons. The number of carbonyl (C=O) groups excluding carboxylic acids is 1. The number of aliphatic carboxylic acids is 1. The first-order valence-electron chi connectivity index (χ1n) is 9.40. The van der Waals surface area contributed by atoms with E-state index in [0.29, 0.717) is 85.1 Å². The third-order valence-corrected chi connectivity index (χ3v) is 4.29. The average Bonchev–Trinajstić information content (AvgIpc) is 2.68. The van der Waals surface area contributed by atoms with Crippen molar-refractivity contribution in [1.82, 2.24) is 5.32 Å². The number of terminal acetylenes is 1. The minimum absolute atomic E-state index is 0.0120. The van der Waals surface area contributed by atoms with Crippen LogP contribution in [0.2, 0.25) is 0 Å². The maximum absolute atomic E-state index is 12.0. The van der Waals surface area contributed by atoms with Gasteiger partial charge in [0.2, 0.25) is 5.91 Å². The molecule has 0 aromatic carbocycles. The Morgan fingerprint density at radius 1 is 0.852 bits per heavy atom. The minimum atomic E-state index is -0.759. The van der Waals surface area contributed by atoms with E-state index in [2.05, 4.69) is 11.2 Å². The monoisotopic (exact) mass is 385 g/mol. The minimum Gasteiger partial charge on any atom is -0.481 e. The lowest BCUT2D eigenvalue weighted by atomic mass is 9.81. The highest BCUT2D eigenvalue weighted by Gasteiger charge is 2.29. The van der Waals surface area contributed by atoms with E-state index in [1.165, 1.54) is 0 Å². The number of nitrogens with one attached hydrogen (secondary N) is 1. The van der Waals surface area contributed by atoms with E-state index in [0.717, 1.165) is 0 Å². The first-order valence-corrected chi connectivity index (χ1v) is 9.40. The van der Waals surface area contributed by atoms with Gasteiger partial charge in [-0.05, 0) is 25.7 Å². The molecule has 0 aromatic heterocycles. The Morgan fingerprint density at radius 3 is 1.85 bits per heavy atom. The molecule has 1 aliphatic carbocycles. The molecule has 27 heavy (non-hydrogen) atoms. The van der Waals surface area contributed by atoms with Crippen molar-refractivity contribution < 1.29 is 33.6 Å². The molecule has 0 spiro atoms. The van der Waals surface area contributed by atoms with E-state index >= 15 is 0 Å². The van der Waals surface area contributed by atoms with Gasteiger partial charge in [-0.3, -0.25) is 9.59 Å². The SMILES string of the molecule is C#CCOCCOCCOCCOCCNC(=O)C1CCC(C(=O)O)CC1. The predicted octanol–water partition coefficient (Wildman–Crippen LogP) is 0.693. The molecule has 1 saturated carbocycles. The van der Waals surface area contributed by atoms with Gasteiger partial charge in [0, 0.05) is 12.5 Å². The number of hydrogen-bond donors (Lipinski definition) is 2. The van der Waals surface area contributed by atoms with Crippen LogP contribution >= 0.6 is 0 Å². The average molecular weight is 385 g/mol. The van der Waals surface area contributed by atoms with Crippen molar-refractivity contribution in [3.05, 3.63) is 0 Å². The standard InChI is InChI=1S/C19H31NO7/c1-2-8-24-10-12-26-14-15-27-13-11-25-9-7-20-18(21)16-3-5-17(6-4-16)19(22)23/h1,16-17H,3-15H2,(H,20,21)(H,22,23). The van der Waals surface area contributed by atoms with Crippen LogP contribution in [0.5, 0.6) is 0 Å². The fourth-order valence-electron chi connectivity index (χ4n) is 2.78. The second-order valence-corrected chi connectivity index (χ2v) is 6.27. The Labute approximate surface area is 160 Å². The zero-order valence-electron chi connectivity index (χ0n) is 15.8. The Morgan fingerprint density at radius 2 is 1.33 bits per heavy atom. The van der Waals surface area contributed by atoms with Gasteiger partial charge in [0.1, 0.15) is 6.61 Å². The zero-order valence-corrected chi connectivity index (χ0v) is 15.8. The highest BCUT2D eigenvalue weighted by molar-refractivity contribution is 5.79. The summed E-state index contributed by atoms with van der Waals surface area (Å²) in [5.74, 6) is 1.22. The van der Waals surface area contributed by atoms with Crippen LogP contribution in [0, 0.1) is 24.2 Å². The quantitative estimate of drug-likeness (QED) is 0.316. The molecule has 1 amide bonds. The summed E-state index contributed by atoms with van der Waals surface area (Å²) >= 11 is 0. The molecule has 0 atom stereocenters. The Kier molecular flexibility index (Phi) is 13.3. The second-order valence-electron chi connectivity index (χ2n) is 6.27. The summed E-state index contributed by atoms with van der Waals surface area (Å²) < 4.78 is 21.1. The third kappa shape index (κ3) is 11.6. The lowest BCUT2D eigenvalue weighted by Crippen LogP contribution is -2.36. The largest absolute Gasteiger partial charge is 0.481 e. The van der Waals surface area contributed by atoms with Gasteiger partial charge in [-0.15, -0.1) is 6.42 Å². The maximum Gasteiger partial charge on any atom is 0.306 e. The predicted molar refractivity (Wildman–Crippen MR) is 98.2 cm³/mol. The highest BCUT2D eigenvalue weighted by atomic mass is 16.6. The van der Waals surface area contributed by atoms with Crippen molar-refractivity contribution in [2.75, 3.05) is 59.4 Å². The molecule has 1 aliphatic rings. The highest BCUT2D eigenvalue weighted by Crippen LogP contribution is 2.28. The summed E-state index contributed by atoms with van der Waals surface area (Å²) in [4.78, 5) is 22.9. The van der Waals surface area contributed by atoms with E-state index in [4.69, 9.17) is 30.5 Å². The Balaban J connectivity index is 1.84. The van der Waals surface area contributed by atoms with Gasteiger partial charge in [-0.2, -0.15) is 0 Å². The van der Waals surface area contributed by atoms with Gasteiger partial charge in [0.05, 0.1) is 52.2 Å². The molecule has 2 N–H and O–H groups in total. The van der Waals surface area contributed by atoms with Crippen LogP contribution in [-0.2, 0) is 28.5 Å². The number of rotatable bonds is 15. The van der Waals surface area contributed by atoms with Crippen molar-refractivity contribution in [3.63, 3.8) is 0 Å². The molecule has 1 fully saturated rings.